The van der Waals surface area contributed by atoms with Gasteiger partial charge in [0.1, 0.15) is 5.82 Å². The smallest absolute Gasteiger partial charge is 0.244 e. The van der Waals surface area contributed by atoms with Crippen molar-refractivity contribution in [1.82, 2.24) is 15.3 Å². The van der Waals surface area contributed by atoms with Crippen molar-refractivity contribution in [2.24, 2.45) is 0 Å². The average Bonchev–Trinajstić information content (AvgIpc) is 2.66. The first-order valence-electron chi connectivity index (χ1n) is 9.72. The van der Waals surface area contributed by atoms with Crippen LogP contribution in [-0.2, 0) is 11.3 Å². The van der Waals surface area contributed by atoms with Crippen LogP contribution in [0.25, 0.3) is 0 Å². The van der Waals surface area contributed by atoms with Crippen molar-refractivity contribution in [2.75, 3.05) is 11.4 Å². The summed E-state index contributed by atoms with van der Waals surface area (Å²) < 4.78 is 0. The number of benzene rings is 1. The lowest BCUT2D eigenvalue weighted by molar-refractivity contribution is -0.122. The van der Waals surface area contributed by atoms with Gasteiger partial charge in [-0.25, -0.2) is 9.97 Å². The third kappa shape index (κ3) is 3.78. The molecule has 2 aromatic rings. The first-order chi connectivity index (χ1) is 12.8. The number of hydrogen-bond donors (Lipinski definition) is 1. The number of rotatable bonds is 5. The van der Waals surface area contributed by atoms with E-state index in [1.165, 1.54) is 37.7 Å². The topological polar surface area (TPSA) is 58.1 Å². The molecular weight excluding hydrogens is 324 g/mol. The highest BCUT2D eigenvalue weighted by molar-refractivity contribution is 5.97. The molecule has 1 aromatic heterocycles. The zero-order chi connectivity index (χ0) is 17.8. The quantitative estimate of drug-likeness (QED) is 0.898. The molecule has 1 aliphatic carbocycles. The molecular formula is C21H26N4O. The summed E-state index contributed by atoms with van der Waals surface area (Å²) in [5.74, 6) is 1.40. The minimum atomic E-state index is -0.0864. The summed E-state index contributed by atoms with van der Waals surface area (Å²) in [6.07, 6.45) is 11.3. The Kier molecular flexibility index (Phi) is 5.25. The van der Waals surface area contributed by atoms with E-state index in [0.717, 1.165) is 18.7 Å². The Hall–Kier alpha value is -2.27. The van der Waals surface area contributed by atoms with Crippen LogP contribution in [0.2, 0.25) is 0 Å². The molecule has 0 unspecified atom stereocenters. The van der Waals surface area contributed by atoms with Gasteiger partial charge >= 0.3 is 0 Å². The van der Waals surface area contributed by atoms with Gasteiger partial charge in [0.05, 0.1) is 12.6 Å². The Labute approximate surface area is 154 Å². The minimum absolute atomic E-state index is 0.0864. The third-order valence-electron chi connectivity index (χ3n) is 5.56. The van der Waals surface area contributed by atoms with E-state index < -0.39 is 0 Å². The Morgan fingerprint density at radius 1 is 1.04 bits per heavy atom. The first-order valence-corrected chi connectivity index (χ1v) is 9.72. The molecule has 0 radical (unpaired) electrons. The van der Waals surface area contributed by atoms with Crippen LogP contribution in [0, 0.1) is 0 Å². The van der Waals surface area contributed by atoms with Crippen LogP contribution in [0.4, 0.5) is 5.69 Å². The lowest BCUT2D eigenvalue weighted by atomic mass is 9.85. The summed E-state index contributed by atoms with van der Waals surface area (Å²) in [7, 11) is 0. The molecule has 1 atom stereocenters. The molecule has 136 valence electrons. The van der Waals surface area contributed by atoms with Crippen LogP contribution >= 0.6 is 0 Å². The molecule has 0 bridgehead atoms. The number of nitrogens with one attached hydrogen (secondary N) is 1. The minimum Gasteiger partial charge on any atom is -0.306 e. The van der Waals surface area contributed by atoms with Crippen LogP contribution in [0.3, 0.4) is 0 Å². The predicted molar refractivity (Wildman–Crippen MR) is 102 cm³/mol. The normalized spacial score (nSPS) is 20.4. The van der Waals surface area contributed by atoms with Crippen molar-refractivity contribution in [3.05, 3.63) is 54.1 Å². The number of carbonyl (C=O) groups excluding carboxylic acids is 1. The first kappa shape index (κ1) is 17.2. The van der Waals surface area contributed by atoms with Gasteiger partial charge in [-0.1, -0.05) is 37.5 Å². The molecule has 1 amide bonds. The summed E-state index contributed by atoms with van der Waals surface area (Å²) in [6, 6.07) is 9.72. The lowest BCUT2D eigenvalue weighted by Gasteiger charge is -2.32. The van der Waals surface area contributed by atoms with Gasteiger partial charge in [-0.05, 0) is 49.4 Å². The van der Waals surface area contributed by atoms with Gasteiger partial charge in [0, 0.05) is 18.1 Å². The van der Waals surface area contributed by atoms with Crippen LogP contribution in [0.1, 0.15) is 55.8 Å². The van der Waals surface area contributed by atoms with Crippen LogP contribution < -0.4 is 10.2 Å². The molecule has 26 heavy (non-hydrogen) atoms. The van der Waals surface area contributed by atoms with Gasteiger partial charge in [0.15, 0.2) is 0 Å². The molecule has 1 aromatic carbocycles. The Morgan fingerprint density at radius 3 is 2.35 bits per heavy atom. The molecule has 4 rings (SSSR count). The highest BCUT2D eigenvalue weighted by Crippen LogP contribution is 2.31. The van der Waals surface area contributed by atoms with Gasteiger partial charge in [-0.2, -0.15) is 0 Å². The Bertz CT molecular complexity index is 721. The SMILES string of the molecule is O=C([C@H]1CCN1)N(Cc1ncc(C2CCCCC2)cn1)c1ccccc1. The van der Waals surface area contributed by atoms with Crippen LogP contribution in [0.15, 0.2) is 42.7 Å². The number of amides is 1. The van der Waals surface area contributed by atoms with Crippen molar-refractivity contribution in [3.63, 3.8) is 0 Å². The van der Waals surface area contributed by atoms with Crippen molar-refractivity contribution in [2.45, 2.75) is 57.0 Å². The second kappa shape index (κ2) is 7.96. The number of anilines is 1. The maximum Gasteiger partial charge on any atom is 0.244 e. The summed E-state index contributed by atoms with van der Waals surface area (Å²) >= 11 is 0. The number of nitrogens with zero attached hydrogens (tertiary/aromatic N) is 3. The van der Waals surface area contributed by atoms with Crippen molar-refractivity contribution < 1.29 is 4.79 Å². The van der Waals surface area contributed by atoms with Crippen molar-refractivity contribution in [1.29, 1.82) is 0 Å². The molecule has 1 aliphatic heterocycles. The van der Waals surface area contributed by atoms with E-state index in [4.69, 9.17) is 0 Å². The standard InChI is InChI=1S/C21H26N4O/c26-21(19-11-12-22-19)25(18-9-5-2-6-10-18)15-20-23-13-17(14-24-20)16-7-3-1-4-8-16/h2,5-6,9-10,13-14,16,19,22H,1,3-4,7-8,11-12,15H2/t19-/m1/s1. The fourth-order valence-electron chi connectivity index (χ4n) is 3.83. The second-order valence-electron chi connectivity index (χ2n) is 7.32. The van der Waals surface area contributed by atoms with Crippen LogP contribution in [0.5, 0.6) is 0 Å². The largest absolute Gasteiger partial charge is 0.306 e. The highest BCUT2D eigenvalue weighted by atomic mass is 16.2. The number of carbonyl (C=O) groups is 1. The maximum absolute atomic E-state index is 12.9. The summed E-state index contributed by atoms with van der Waals surface area (Å²) in [5.41, 5.74) is 2.14. The molecule has 5 nitrogen and oxygen atoms in total. The highest BCUT2D eigenvalue weighted by Gasteiger charge is 2.30. The van der Waals surface area contributed by atoms with E-state index in [-0.39, 0.29) is 11.9 Å². The van der Waals surface area contributed by atoms with E-state index >= 15 is 0 Å². The van der Waals surface area contributed by atoms with Crippen molar-refractivity contribution >= 4 is 11.6 Å². The fraction of sp³-hybridized carbons (Fsp3) is 0.476. The number of aromatic nitrogens is 2. The molecule has 1 saturated heterocycles. The molecule has 2 aliphatic rings. The molecule has 0 spiro atoms. The molecule has 1 N–H and O–H groups in total. The predicted octanol–water partition coefficient (Wildman–Crippen LogP) is 3.42. The van der Waals surface area contributed by atoms with Crippen LogP contribution in [-0.4, -0.2) is 28.5 Å². The van der Waals surface area contributed by atoms with Gasteiger partial charge in [0.25, 0.3) is 0 Å². The molecule has 1 saturated carbocycles. The van der Waals surface area contributed by atoms with Gasteiger partial charge in [-0.3, -0.25) is 4.79 Å². The van der Waals surface area contributed by atoms with Gasteiger partial charge in [0.2, 0.25) is 5.91 Å². The van der Waals surface area contributed by atoms with E-state index in [9.17, 15) is 4.79 Å². The molecule has 5 heteroatoms. The van der Waals surface area contributed by atoms with Gasteiger partial charge in [-0.15, -0.1) is 0 Å². The summed E-state index contributed by atoms with van der Waals surface area (Å²) in [4.78, 5) is 23.8. The van der Waals surface area contributed by atoms with Gasteiger partial charge < -0.3 is 10.2 Å². The van der Waals surface area contributed by atoms with E-state index in [1.807, 2.05) is 42.7 Å². The average molecular weight is 350 g/mol. The lowest BCUT2D eigenvalue weighted by Crippen LogP contribution is -2.54. The molecule has 2 heterocycles. The number of hydrogen-bond acceptors (Lipinski definition) is 4. The molecule has 2 fully saturated rings. The summed E-state index contributed by atoms with van der Waals surface area (Å²) in [6.45, 7) is 1.32. The number of para-hydroxylation sites is 1. The second-order valence-corrected chi connectivity index (χ2v) is 7.32. The Balaban J connectivity index is 1.50. The van der Waals surface area contributed by atoms with E-state index in [1.54, 1.807) is 4.90 Å². The maximum atomic E-state index is 12.9. The van der Waals surface area contributed by atoms with E-state index in [2.05, 4.69) is 15.3 Å². The third-order valence-corrected chi connectivity index (χ3v) is 5.56. The zero-order valence-corrected chi connectivity index (χ0v) is 15.1. The van der Waals surface area contributed by atoms with E-state index in [0.29, 0.717) is 18.3 Å². The monoisotopic (exact) mass is 350 g/mol. The fourth-order valence-corrected chi connectivity index (χ4v) is 3.83. The zero-order valence-electron chi connectivity index (χ0n) is 15.1. The Morgan fingerprint density at radius 2 is 1.73 bits per heavy atom. The summed E-state index contributed by atoms with van der Waals surface area (Å²) in [5, 5.41) is 3.20. The van der Waals surface area contributed by atoms with Crippen molar-refractivity contribution in [3.8, 4) is 0 Å².